The predicted molar refractivity (Wildman–Crippen MR) is 75.4 cm³/mol. The predicted octanol–water partition coefficient (Wildman–Crippen LogP) is 2.95. The van der Waals surface area contributed by atoms with Crippen LogP contribution >= 0.6 is 0 Å². The highest BCUT2D eigenvalue weighted by atomic mass is 16.5. The molecule has 4 nitrogen and oxygen atoms in total. The van der Waals surface area contributed by atoms with Gasteiger partial charge in [-0.05, 0) is 31.9 Å². The average Bonchev–Trinajstić information content (AvgIpc) is 2.40. The number of benzene rings is 1. The normalized spacial score (nSPS) is 17.7. The molecule has 1 saturated carbocycles. The van der Waals surface area contributed by atoms with E-state index < -0.39 is 0 Å². The van der Waals surface area contributed by atoms with Gasteiger partial charge in [-0.2, -0.15) is 0 Å². The molecule has 0 spiro atoms. The third-order valence-electron chi connectivity index (χ3n) is 3.05. The highest BCUT2D eigenvalue weighted by Crippen LogP contribution is 2.20. The number of hydrogen-bond acceptors (Lipinski definition) is 4. The molecule has 1 aliphatic carbocycles. The van der Waals surface area contributed by atoms with Gasteiger partial charge in [-0.15, -0.1) is 0 Å². The van der Waals surface area contributed by atoms with Crippen LogP contribution in [0.25, 0.3) is 0 Å². The van der Waals surface area contributed by atoms with E-state index >= 15 is 0 Å². The number of para-hydroxylation sites is 1. The van der Waals surface area contributed by atoms with Gasteiger partial charge in [0.25, 0.3) is 0 Å². The summed E-state index contributed by atoms with van der Waals surface area (Å²) < 4.78 is 4.78. The van der Waals surface area contributed by atoms with Crippen LogP contribution in [-0.4, -0.2) is 17.5 Å². The molecule has 0 aliphatic heterocycles. The molecule has 0 amide bonds. The Labute approximate surface area is 119 Å². The summed E-state index contributed by atoms with van der Waals surface area (Å²) in [6.45, 7) is 2.89. The van der Waals surface area contributed by atoms with Crippen LogP contribution in [0, 0.1) is 5.92 Å². The van der Waals surface area contributed by atoms with Crippen molar-refractivity contribution in [3.8, 4) is 5.75 Å². The summed E-state index contributed by atoms with van der Waals surface area (Å²) in [6, 6.07) is 8.98. The molecule has 0 heterocycles. The van der Waals surface area contributed by atoms with Crippen molar-refractivity contribution in [1.29, 1.82) is 0 Å². The Bertz CT molecular complexity index is 465. The molecular formula is C16H20O4. The molecule has 4 heteroatoms. The molecule has 0 bridgehead atoms. The molecule has 1 aromatic carbocycles. The second-order valence-electron chi connectivity index (χ2n) is 4.78. The topological polar surface area (TPSA) is 60.4 Å². The highest BCUT2D eigenvalue weighted by molar-refractivity contribution is 6.01. The van der Waals surface area contributed by atoms with Gasteiger partial charge in [0.05, 0.1) is 5.92 Å². The summed E-state index contributed by atoms with van der Waals surface area (Å²) in [6.07, 6.45) is 3.41. The second kappa shape index (κ2) is 8.25. The number of carbonyl (C=O) groups excluding carboxylic acids is 3. The lowest BCUT2D eigenvalue weighted by atomic mass is 9.86. The maximum atomic E-state index is 11.0. The van der Waals surface area contributed by atoms with Crippen LogP contribution in [0.3, 0.4) is 0 Å². The third kappa shape index (κ3) is 5.78. The van der Waals surface area contributed by atoms with Crippen molar-refractivity contribution in [2.45, 2.75) is 39.5 Å². The molecule has 20 heavy (non-hydrogen) atoms. The highest BCUT2D eigenvalue weighted by Gasteiger charge is 2.25. The van der Waals surface area contributed by atoms with E-state index in [1.54, 1.807) is 12.1 Å². The van der Waals surface area contributed by atoms with Crippen LogP contribution in [0.1, 0.15) is 39.5 Å². The van der Waals surface area contributed by atoms with Gasteiger partial charge in [0.2, 0.25) is 0 Å². The first-order valence-corrected chi connectivity index (χ1v) is 6.77. The molecule has 0 saturated heterocycles. The Hall–Kier alpha value is -1.97. The lowest BCUT2D eigenvalue weighted by Gasteiger charge is -2.16. The van der Waals surface area contributed by atoms with Gasteiger partial charge in [0, 0.05) is 13.3 Å². The Morgan fingerprint density at radius 1 is 1.10 bits per heavy atom. The smallest absolute Gasteiger partial charge is 0.308 e. The van der Waals surface area contributed by atoms with Crippen LogP contribution in [0.15, 0.2) is 30.3 Å². The molecule has 1 fully saturated rings. The van der Waals surface area contributed by atoms with Gasteiger partial charge < -0.3 is 4.74 Å². The molecule has 1 unspecified atom stereocenters. The standard InChI is InChI=1S/C8H8O2.C8H12O2/c1-7(9)10-8-5-3-2-4-6-8;1-6(9)7-4-2-3-5-8(7)10/h2-6H,1H3;7H,2-5H2,1H3. The zero-order chi connectivity index (χ0) is 15.0. The van der Waals surface area contributed by atoms with Gasteiger partial charge in [-0.1, -0.05) is 24.6 Å². The van der Waals surface area contributed by atoms with Gasteiger partial charge in [-0.3, -0.25) is 14.4 Å². The van der Waals surface area contributed by atoms with Crippen LogP contribution in [0.2, 0.25) is 0 Å². The molecule has 0 radical (unpaired) electrons. The summed E-state index contributed by atoms with van der Waals surface area (Å²) in [5.41, 5.74) is 0. The van der Waals surface area contributed by atoms with Gasteiger partial charge in [0.1, 0.15) is 17.3 Å². The van der Waals surface area contributed by atoms with Crippen molar-refractivity contribution in [3.63, 3.8) is 0 Å². The molecule has 1 aliphatic rings. The lowest BCUT2D eigenvalue weighted by molar-refractivity contribution is -0.133. The minimum absolute atomic E-state index is 0.0460. The number of Topliss-reactive ketones (excluding diaryl/α,β-unsaturated/α-hetero) is 2. The van der Waals surface area contributed by atoms with Crippen molar-refractivity contribution >= 4 is 17.5 Å². The molecule has 0 N–H and O–H groups in total. The van der Waals surface area contributed by atoms with Crippen molar-refractivity contribution in [3.05, 3.63) is 30.3 Å². The zero-order valence-corrected chi connectivity index (χ0v) is 11.9. The number of rotatable bonds is 2. The summed E-state index contributed by atoms with van der Waals surface area (Å²) in [5, 5.41) is 0. The minimum Gasteiger partial charge on any atom is -0.427 e. The van der Waals surface area contributed by atoms with Crippen molar-refractivity contribution in [1.82, 2.24) is 0 Å². The first kappa shape index (κ1) is 16.1. The van der Waals surface area contributed by atoms with E-state index in [9.17, 15) is 14.4 Å². The SMILES string of the molecule is CC(=O)C1CCCCC1=O.CC(=O)Oc1ccccc1. The van der Waals surface area contributed by atoms with E-state index in [0.717, 1.165) is 19.3 Å². The maximum absolute atomic E-state index is 11.0. The molecule has 1 atom stereocenters. The maximum Gasteiger partial charge on any atom is 0.308 e. The Balaban J connectivity index is 0.000000200. The summed E-state index contributed by atoms with van der Waals surface area (Å²) in [4.78, 5) is 32.2. The van der Waals surface area contributed by atoms with Gasteiger partial charge >= 0.3 is 5.97 Å². The largest absolute Gasteiger partial charge is 0.427 e. The summed E-state index contributed by atoms with van der Waals surface area (Å²) >= 11 is 0. The fourth-order valence-corrected chi connectivity index (χ4v) is 2.07. The van der Waals surface area contributed by atoms with Crippen molar-refractivity contribution < 1.29 is 19.1 Å². The van der Waals surface area contributed by atoms with E-state index in [1.165, 1.54) is 13.8 Å². The number of ether oxygens (including phenoxy) is 1. The van der Waals surface area contributed by atoms with E-state index in [-0.39, 0.29) is 23.5 Å². The van der Waals surface area contributed by atoms with Crippen LogP contribution in [0.5, 0.6) is 5.75 Å². The molecule has 1 aromatic rings. The average molecular weight is 276 g/mol. The van der Waals surface area contributed by atoms with Crippen molar-refractivity contribution in [2.24, 2.45) is 5.92 Å². The minimum atomic E-state index is -0.286. The quantitative estimate of drug-likeness (QED) is 0.473. The fraction of sp³-hybridized carbons (Fsp3) is 0.438. The fourth-order valence-electron chi connectivity index (χ4n) is 2.07. The van der Waals surface area contributed by atoms with Crippen LogP contribution in [0.4, 0.5) is 0 Å². The van der Waals surface area contributed by atoms with Crippen LogP contribution in [-0.2, 0) is 14.4 Å². The third-order valence-corrected chi connectivity index (χ3v) is 3.05. The number of esters is 1. The van der Waals surface area contributed by atoms with Gasteiger partial charge in [0.15, 0.2) is 0 Å². The van der Waals surface area contributed by atoms with Crippen LogP contribution < -0.4 is 4.74 Å². The summed E-state index contributed by atoms with van der Waals surface area (Å²) in [5.74, 6) is 0.249. The first-order chi connectivity index (χ1) is 9.50. The molecular weight excluding hydrogens is 256 g/mol. The Morgan fingerprint density at radius 3 is 2.20 bits per heavy atom. The zero-order valence-electron chi connectivity index (χ0n) is 11.9. The van der Waals surface area contributed by atoms with E-state index in [0.29, 0.717) is 12.2 Å². The first-order valence-electron chi connectivity index (χ1n) is 6.77. The number of carbonyl (C=O) groups is 3. The number of hydrogen-bond donors (Lipinski definition) is 0. The molecule has 108 valence electrons. The second-order valence-corrected chi connectivity index (χ2v) is 4.78. The monoisotopic (exact) mass is 276 g/mol. The lowest BCUT2D eigenvalue weighted by Crippen LogP contribution is -2.24. The van der Waals surface area contributed by atoms with E-state index in [1.807, 2.05) is 18.2 Å². The van der Waals surface area contributed by atoms with E-state index in [2.05, 4.69) is 0 Å². The van der Waals surface area contributed by atoms with E-state index in [4.69, 9.17) is 4.74 Å². The summed E-state index contributed by atoms with van der Waals surface area (Å²) in [7, 11) is 0. The van der Waals surface area contributed by atoms with Crippen molar-refractivity contribution in [2.75, 3.05) is 0 Å². The molecule has 0 aromatic heterocycles. The molecule has 2 rings (SSSR count). The Morgan fingerprint density at radius 2 is 1.75 bits per heavy atom. The number of ketones is 2. The van der Waals surface area contributed by atoms with Gasteiger partial charge in [-0.25, -0.2) is 0 Å². The Kier molecular flexibility index (Phi) is 6.64.